The van der Waals surface area contributed by atoms with E-state index in [1.54, 1.807) is 0 Å². The molecule has 0 atom stereocenters. The molecule has 1 aromatic heterocycles. The summed E-state index contributed by atoms with van der Waals surface area (Å²) in [5, 5.41) is 45.2. The van der Waals surface area contributed by atoms with Crippen molar-refractivity contribution in [1.82, 2.24) is 4.98 Å². The lowest BCUT2D eigenvalue weighted by Gasteiger charge is -2.05. The molecule has 0 spiro atoms. The average molecular weight is 331 g/mol. The van der Waals surface area contributed by atoms with Crippen LogP contribution in [0.15, 0.2) is 30.3 Å². The van der Waals surface area contributed by atoms with Gasteiger partial charge in [-0.1, -0.05) is 0 Å². The molecule has 120 valence electrons. The number of hydrogen-bond donors (Lipinski definition) is 0. The average Bonchev–Trinajstić information content (AvgIpc) is 2.53. The molecule has 0 aliphatic rings. The lowest BCUT2D eigenvalue weighted by Crippen LogP contribution is -2.29. The summed E-state index contributed by atoms with van der Waals surface area (Å²) in [5.74, 6) is 0. The van der Waals surface area contributed by atoms with Gasteiger partial charge in [-0.2, -0.15) is 4.73 Å². The molecule has 0 radical (unpaired) electrons. The number of nitro benzene ring substituents is 3. The molecule has 0 saturated carbocycles. The van der Waals surface area contributed by atoms with E-state index in [0.717, 1.165) is 18.2 Å². The first-order valence-electron chi connectivity index (χ1n) is 6.24. The van der Waals surface area contributed by atoms with Gasteiger partial charge in [0.2, 0.25) is 11.0 Å². The molecule has 3 rings (SSSR count). The van der Waals surface area contributed by atoms with Gasteiger partial charge in [-0.15, -0.1) is 0 Å². The third-order valence-electron chi connectivity index (χ3n) is 3.30. The maximum atomic E-state index is 12.4. The predicted octanol–water partition coefficient (Wildman–Crippen LogP) is 1.75. The van der Waals surface area contributed by atoms with Gasteiger partial charge in [-0.05, 0) is 6.07 Å². The normalized spacial score (nSPS) is 10.8. The summed E-state index contributed by atoms with van der Waals surface area (Å²) in [6.45, 7) is 0. The molecule has 0 saturated heterocycles. The second-order valence-corrected chi connectivity index (χ2v) is 4.68. The Bertz CT molecular complexity index is 1060. The third kappa shape index (κ3) is 2.18. The van der Waals surface area contributed by atoms with Crippen LogP contribution in [0.1, 0.15) is 0 Å². The van der Waals surface area contributed by atoms with Gasteiger partial charge in [-0.25, -0.2) is 4.98 Å². The van der Waals surface area contributed by atoms with Gasteiger partial charge in [-0.3, -0.25) is 30.3 Å². The molecule has 0 bridgehead atoms. The fraction of sp³-hybridized carbons (Fsp3) is 0. The minimum atomic E-state index is -0.889. The number of non-ortho nitro benzene ring substituents is 3. The Morgan fingerprint density at radius 2 is 1.46 bits per heavy atom. The Morgan fingerprint density at radius 1 is 0.833 bits per heavy atom. The summed E-state index contributed by atoms with van der Waals surface area (Å²) in [6, 6.07) is 4.75. The van der Waals surface area contributed by atoms with Crippen LogP contribution in [0.2, 0.25) is 0 Å². The maximum Gasteiger partial charge on any atom is 0.308 e. The van der Waals surface area contributed by atoms with Gasteiger partial charge < -0.3 is 5.21 Å². The smallest absolute Gasteiger partial charge is 0.308 e. The third-order valence-corrected chi connectivity index (χ3v) is 3.30. The Hall–Kier alpha value is -3.96. The number of fused-ring (bicyclic) bond motifs is 2. The molecule has 0 unspecified atom stereocenters. The highest BCUT2D eigenvalue weighted by Crippen LogP contribution is 2.29. The molecule has 24 heavy (non-hydrogen) atoms. The summed E-state index contributed by atoms with van der Waals surface area (Å²) < 4.78 is 0.157. The SMILES string of the molecule is O=[N+]([O-])c1ccc2nc3c([N+](=O)[O-])cc([N+](=O)[O-])cc3[n+]([O-])c2c1. The largest absolute Gasteiger partial charge is 0.618 e. The second kappa shape index (κ2) is 5.05. The molecule has 12 nitrogen and oxygen atoms in total. The molecule has 0 amide bonds. The molecule has 0 aliphatic carbocycles. The molecule has 0 fully saturated rings. The van der Waals surface area contributed by atoms with E-state index in [9.17, 15) is 35.6 Å². The Balaban J connectivity index is 2.49. The minimum Gasteiger partial charge on any atom is -0.618 e. The lowest BCUT2D eigenvalue weighted by molar-refractivity contribution is -0.548. The molecular weight excluding hydrogens is 326 g/mol. The van der Waals surface area contributed by atoms with Crippen molar-refractivity contribution in [2.45, 2.75) is 0 Å². The van der Waals surface area contributed by atoms with Gasteiger partial charge >= 0.3 is 5.69 Å². The van der Waals surface area contributed by atoms with E-state index in [-0.39, 0.29) is 27.0 Å². The zero-order chi connectivity index (χ0) is 17.6. The zero-order valence-corrected chi connectivity index (χ0v) is 11.5. The van der Waals surface area contributed by atoms with E-state index >= 15 is 0 Å². The van der Waals surface area contributed by atoms with Crippen molar-refractivity contribution in [2.24, 2.45) is 0 Å². The number of benzene rings is 2. The minimum absolute atomic E-state index is 0.0138. The van der Waals surface area contributed by atoms with Gasteiger partial charge in [0, 0.05) is 6.07 Å². The molecule has 2 aromatic carbocycles. The van der Waals surface area contributed by atoms with E-state index in [0.29, 0.717) is 6.07 Å². The zero-order valence-electron chi connectivity index (χ0n) is 11.5. The van der Waals surface area contributed by atoms with Crippen molar-refractivity contribution in [3.05, 3.63) is 65.9 Å². The van der Waals surface area contributed by atoms with Crippen LogP contribution in [-0.4, -0.2) is 19.8 Å². The van der Waals surface area contributed by atoms with Crippen molar-refractivity contribution in [2.75, 3.05) is 0 Å². The summed E-state index contributed by atoms with van der Waals surface area (Å²) in [7, 11) is 0. The van der Waals surface area contributed by atoms with Crippen LogP contribution in [0.3, 0.4) is 0 Å². The molecule has 0 N–H and O–H groups in total. The molecule has 12 heteroatoms. The van der Waals surface area contributed by atoms with Crippen molar-refractivity contribution < 1.29 is 19.5 Å². The molecular formula is C12H5N5O7. The van der Waals surface area contributed by atoms with Gasteiger partial charge in [0.25, 0.3) is 16.9 Å². The second-order valence-electron chi connectivity index (χ2n) is 4.68. The highest BCUT2D eigenvalue weighted by atomic mass is 16.6. The lowest BCUT2D eigenvalue weighted by atomic mass is 10.2. The quantitative estimate of drug-likeness (QED) is 0.229. The number of nitrogens with zero attached hydrogens (tertiary/aromatic N) is 5. The van der Waals surface area contributed by atoms with Crippen LogP contribution in [0.25, 0.3) is 22.1 Å². The Labute approximate surface area is 130 Å². The summed E-state index contributed by atoms with van der Waals surface area (Å²) >= 11 is 0. The van der Waals surface area contributed by atoms with Crippen LogP contribution < -0.4 is 4.73 Å². The van der Waals surface area contributed by atoms with Crippen LogP contribution in [0, 0.1) is 35.6 Å². The number of hydrogen-bond acceptors (Lipinski definition) is 8. The first-order valence-corrected chi connectivity index (χ1v) is 6.24. The predicted molar refractivity (Wildman–Crippen MR) is 78.2 cm³/mol. The number of rotatable bonds is 3. The number of nitro groups is 3. The fourth-order valence-electron chi connectivity index (χ4n) is 2.24. The van der Waals surface area contributed by atoms with E-state index in [2.05, 4.69) is 4.98 Å². The van der Waals surface area contributed by atoms with Crippen molar-refractivity contribution in [3.63, 3.8) is 0 Å². The van der Waals surface area contributed by atoms with Crippen LogP contribution >= 0.6 is 0 Å². The first-order chi connectivity index (χ1) is 11.3. The maximum absolute atomic E-state index is 12.4. The summed E-state index contributed by atoms with van der Waals surface area (Å²) in [4.78, 5) is 34.3. The topological polar surface area (TPSA) is 169 Å². The van der Waals surface area contributed by atoms with Crippen molar-refractivity contribution in [1.29, 1.82) is 0 Å². The Morgan fingerprint density at radius 3 is 2.04 bits per heavy atom. The fourth-order valence-corrected chi connectivity index (χ4v) is 2.24. The van der Waals surface area contributed by atoms with Crippen molar-refractivity contribution >= 4 is 39.1 Å². The van der Waals surface area contributed by atoms with Crippen LogP contribution in [0.4, 0.5) is 17.1 Å². The highest BCUT2D eigenvalue weighted by molar-refractivity contribution is 5.90. The van der Waals surface area contributed by atoms with E-state index in [1.807, 2.05) is 0 Å². The standard InChI is InChI=1S/C12H5N5O7/c18-14-9-3-6(15(19)20)1-2-8(9)13-12-10(14)4-7(16(21)22)5-11(12)17(23)24/h1-5H. The molecule has 0 aliphatic heterocycles. The highest BCUT2D eigenvalue weighted by Gasteiger charge is 2.27. The molecule has 3 aromatic rings. The van der Waals surface area contributed by atoms with E-state index < -0.39 is 31.7 Å². The molecule has 1 heterocycles. The first kappa shape index (κ1) is 15.0. The van der Waals surface area contributed by atoms with Gasteiger partial charge in [0.1, 0.15) is 5.52 Å². The van der Waals surface area contributed by atoms with Gasteiger partial charge in [0.05, 0.1) is 33.0 Å². The van der Waals surface area contributed by atoms with E-state index in [4.69, 9.17) is 0 Å². The summed E-state index contributed by atoms with van der Waals surface area (Å²) in [5.41, 5.74) is -2.76. The van der Waals surface area contributed by atoms with Crippen LogP contribution in [0.5, 0.6) is 0 Å². The van der Waals surface area contributed by atoms with Gasteiger partial charge in [0.15, 0.2) is 0 Å². The Kier molecular flexibility index (Phi) is 3.14. The summed E-state index contributed by atoms with van der Waals surface area (Å²) in [6.07, 6.45) is 0. The monoisotopic (exact) mass is 331 g/mol. The van der Waals surface area contributed by atoms with Crippen LogP contribution in [-0.2, 0) is 0 Å². The number of aromatic nitrogens is 2. The van der Waals surface area contributed by atoms with Crippen molar-refractivity contribution in [3.8, 4) is 0 Å². The van der Waals surface area contributed by atoms with E-state index in [1.165, 1.54) is 6.07 Å².